The fourth-order valence-electron chi connectivity index (χ4n) is 5.38. The molecule has 26 heavy (non-hydrogen) atoms. The van der Waals surface area contributed by atoms with E-state index in [1.54, 1.807) is 0 Å². The Morgan fingerprint density at radius 1 is 1.27 bits per heavy atom. The smallest absolute Gasteiger partial charge is 0.410 e. The number of hydrogen-bond acceptors (Lipinski definition) is 4. The van der Waals surface area contributed by atoms with Crippen LogP contribution < -0.4 is 15.0 Å². The van der Waals surface area contributed by atoms with Crippen LogP contribution in [0.2, 0.25) is 0 Å². The highest BCUT2D eigenvalue weighted by Crippen LogP contribution is 2.51. The van der Waals surface area contributed by atoms with Crippen LogP contribution in [0.25, 0.3) is 0 Å². The van der Waals surface area contributed by atoms with Crippen molar-refractivity contribution >= 4 is 11.8 Å². The zero-order valence-electron chi connectivity index (χ0n) is 16.3. The first-order valence-corrected chi connectivity index (χ1v) is 10.0. The number of anilines is 1. The van der Waals surface area contributed by atoms with Crippen LogP contribution in [0, 0.1) is 5.92 Å². The summed E-state index contributed by atoms with van der Waals surface area (Å²) < 4.78 is 5.60. The number of nitrogens with zero attached hydrogens (tertiary/aromatic N) is 2. The molecule has 2 atom stereocenters. The predicted molar refractivity (Wildman–Crippen MR) is 104 cm³/mol. The van der Waals surface area contributed by atoms with Gasteiger partial charge in [-0.05, 0) is 56.0 Å². The largest absolute Gasteiger partial charge is 0.412 e. The highest BCUT2D eigenvalue weighted by Gasteiger charge is 2.52. The summed E-state index contributed by atoms with van der Waals surface area (Å²) in [5.41, 5.74) is 2.64. The Balaban J connectivity index is 1.43. The van der Waals surface area contributed by atoms with E-state index in [1.807, 2.05) is 6.07 Å². The van der Waals surface area contributed by atoms with Crippen molar-refractivity contribution in [1.29, 1.82) is 0 Å². The topological polar surface area (TPSA) is 44.8 Å². The number of likely N-dealkylation sites (N-methyl/N-ethyl adjacent to an activating group) is 2. The molecular formula is C21H31N3O2. The fraction of sp³-hybridized carbons (Fsp3) is 0.667. The lowest BCUT2D eigenvalue weighted by Crippen LogP contribution is -2.45. The van der Waals surface area contributed by atoms with Crippen molar-refractivity contribution in [1.82, 2.24) is 10.2 Å². The third-order valence-corrected chi connectivity index (χ3v) is 6.77. The van der Waals surface area contributed by atoms with Gasteiger partial charge in [-0.2, -0.15) is 0 Å². The Morgan fingerprint density at radius 2 is 2.04 bits per heavy atom. The molecule has 1 amide bonds. The number of hydrogen-bond donors (Lipinski definition) is 1. The van der Waals surface area contributed by atoms with Gasteiger partial charge < -0.3 is 15.0 Å². The Bertz CT molecular complexity index is 686. The number of nitrogens with one attached hydrogen (secondary N) is 1. The maximum atomic E-state index is 12.2. The molecule has 2 fully saturated rings. The lowest BCUT2D eigenvalue weighted by molar-refractivity contribution is 0.196. The van der Waals surface area contributed by atoms with Gasteiger partial charge in [-0.15, -0.1) is 0 Å². The first-order chi connectivity index (χ1) is 12.5. The van der Waals surface area contributed by atoms with Gasteiger partial charge in [0, 0.05) is 31.2 Å². The van der Waals surface area contributed by atoms with E-state index in [2.05, 4.69) is 48.3 Å². The van der Waals surface area contributed by atoms with Gasteiger partial charge in [0.15, 0.2) is 0 Å². The molecule has 1 N–H and O–H groups in total. The average Bonchev–Trinajstić information content (AvgIpc) is 3.06. The molecule has 0 aromatic heterocycles. The van der Waals surface area contributed by atoms with Gasteiger partial charge in [0.05, 0.1) is 6.17 Å². The third-order valence-electron chi connectivity index (χ3n) is 6.77. The van der Waals surface area contributed by atoms with Crippen LogP contribution in [0.5, 0.6) is 5.75 Å². The van der Waals surface area contributed by atoms with Crippen molar-refractivity contribution in [3.63, 3.8) is 0 Å². The van der Waals surface area contributed by atoms with E-state index in [0.29, 0.717) is 17.8 Å². The van der Waals surface area contributed by atoms with E-state index in [-0.39, 0.29) is 11.5 Å². The molecule has 142 valence electrons. The van der Waals surface area contributed by atoms with Crippen LogP contribution in [0.15, 0.2) is 18.2 Å². The van der Waals surface area contributed by atoms with E-state index in [9.17, 15) is 4.79 Å². The summed E-state index contributed by atoms with van der Waals surface area (Å²) in [6, 6.07) is 6.08. The summed E-state index contributed by atoms with van der Waals surface area (Å²) >= 11 is 0. The van der Waals surface area contributed by atoms with Crippen molar-refractivity contribution in [2.75, 3.05) is 32.1 Å². The molecule has 1 aromatic carbocycles. The van der Waals surface area contributed by atoms with Crippen molar-refractivity contribution in [3.05, 3.63) is 23.8 Å². The number of carbonyl (C=O) groups excluding carboxylic acids is 1. The summed E-state index contributed by atoms with van der Waals surface area (Å²) in [5, 5.41) is 2.96. The zero-order chi connectivity index (χ0) is 18.3. The average molecular weight is 357 g/mol. The van der Waals surface area contributed by atoms with Crippen LogP contribution in [0.1, 0.15) is 51.0 Å². The molecule has 1 saturated heterocycles. The maximum Gasteiger partial charge on any atom is 0.412 e. The van der Waals surface area contributed by atoms with Crippen molar-refractivity contribution in [2.45, 2.75) is 57.0 Å². The number of rotatable bonds is 3. The molecule has 1 saturated carbocycles. The van der Waals surface area contributed by atoms with Gasteiger partial charge in [0.2, 0.25) is 0 Å². The minimum atomic E-state index is -0.327. The summed E-state index contributed by atoms with van der Waals surface area (Å²) in [6.45, 7) is 4.16. The summed E-state index contributed by atoms with van der Waals surface area (Å²) in [6.07, 6.45) is 7.53. The van der Waals surface area contributed by atoms with E-state index >= 15 is 0 Å². The molecule has 1 unspecified atom stereocenters. The number of ether oxygens (including phenoxy) is 1. The molecule has 2 heterocycles. The van der Waals surface area contributed by atoms with Gasteiger partial charge in [-0.3, -0.25) is 4.90 Å². The molecule has 0 bridgehead atoms. The van der Waals surface area contributed by atoms with E-state index < -0.39 is 0 Å². The van der Waals surface area contributed by atoms with E-state index in [4.69, 9.17) is 4.74 Å². The second kappa shape index (κ2) is 6.76. The highest BCUT2D eigenvalue weighted by atomic mass is 16.6. The monoisotopic (exact) mass is 357 g/mol. The Labute approximate surface area is 156 Å². The van der Waals surface area contributed by atoms with Crippen molar-refractivity contribution in [3.8, 4) is 5.75 Å². The van der Waals surface area contributed by atoms with Gasteiger partial charge in [-0.1, -0.05) is 26.2 Å². The maximum absolute atomic E-state index is 12.2. The molecule has 3 aliphatic rings. The molecule has 5 nitrogen and oxygen atoms in total. The van der Waals surface area contributed by atoms with E-state index in [0.717, 1.165) is 19.5 Å². The lowest BCUT2D eigenvalue weighted by atomic mass is 9.81. The first-order valence-electron chi connectivity index (χ1n) is 10.0. The lowest BCUT2D eigenvalue weighted by Gasteiger charge is -2.32. The second-order valence-electron chi connectivity index (χ2n) is 8.59. The van der Waals surface area contributed by atoms with Crippen molar-refractivity contribution in [2.24, 2.45) is 5.92 Å². The van der Waals surface area contributed by atoms with Gasteiger partial charge in [0.1, 0.15) is 5.75 Å². The minimum absolute atomic E-state index is 0.0940. The predicted octanol–water partition coefficient (Wildman–Crippen LogP) is 3.72. The molecule has 5 heteroatoms. The molecule has 2 aliphatic heterocycles. The number of benzene rings is 1. The first kappa shape index (κ1) is 17.7. The van der Waals surface area contributed by atoms with Crippen molar-refractivity contribution < 1.29 is 9.53 Å². The standard InChI is InChI=1S/C21H31N3O2/c1-21-11-12-23(2)19(21)24(3)18-10-9-16(13-17(18)21)26-20(25)22-14-15-7-5-4-6-8-15/h9-10,13,15,19H,4-8,11-12,14H2,1-3H3,(H,22,25)/t19?,21-/m0/s1. The highest BCUT2D eigenvalue weighted by molar-refractivity contribution is 5.72. The van der Waals surface area contributed by atoms with Gasteiger partial charge in [-0.25, -0.2) is 4.79 Å². The van der Waals surface area contributed by atoms with Crippen LogP contribution in [-0.2, 0) is 5.41 Å². The van der Waals surface area contributed by atoms with Crippen LogP contribution >= 0.6 is 0 Å². The number of carbonyl (C=O) groups is 1. The summed E-state index contributed by atoms with van der Waals surface area (Å²) in [7, 11) is 4.35. The molecule has 0 radical (unpaired) electrons. The Kier molecular flexibility index (Phi) is 4.59. The van der Waals surface area contributed by atoms with Crippen LogP contribution in [0.4, 0.5) is 10.5 Å². The minimum Gasteiger partial charge on any atom is -0.410 e. The molecule has 4 rings (SSSR count). The van der Waals surface area contributed by atoms with Crippen LogP contribution in [-0.4, -0.2) is 44.3 Å². The zero-order valence-corrected chi connectivity index (χ0v) is 16.3. The number of likely N-dealkylation sites (tertiary alicyclic amines) is 1. The normalized spacial score (nSPS) is 28.7. The Morgan fingerprint density at radius 3 is 2.81 bits per heavy atom. The van der Waals surface area contributed by atoms with Crippen LogP contribution in [0.3, 0.4) is 0 Å². The summed E-state index contributed by atoms with van der Waals surface area (Å²) in [5.74, 6) is 1.26. The summed E-state index contributed by atoms with van der Waals surface area (Å²) in [4.78, 5) is 17.0. The quantitative estimate of drug-likeness (QED) is 0.895. The second-order valence-corrected chi connectivity index (χ2v) is 8.59. The SMILES string of the molecule is CN1CC[C@@]2(C)c3cc(OC(=O)NCC4CCCCC4)ccc3N(C)C12. The third kappa shape index (κ3) is 2.96. The molecule has 1 aliphatic carbocycles. The number of fused-ring (bicyclic) bond motifs is 3. The van der Waals surface area contributed by atoms with Gasteiger partial charge in [0.25, 0.3) is 0 Å². The fourth-order valence-corrected chi connectivity index (χ4v) is 5.38. The van der Waals surface area contributed by atoms with E-state index in [1.165, 1.54) is 43.4 Å². The molecule has 0 spiro atoms. The number of amides is 1. The van der Waals surface area contributed by atoms with Gasteiger partial charge >= 0.3 is 6.09 Å². The molecule has 1 aromatic rings. The molecular weight excluding hydrogens is 326 g/mol. The Hall–Kier alpha value is -1.75.